The molecule has 442 valence electrons. The molecular formula is C49H79N7O21S. The summed E-state index contributed by atoms with van der Waals surface area (Å²) in [4.78, 5) is 77.0. The first-order valence-corrected chi connectivity index (χ1v) is 26.8. The summed E-state index contributed by atoms with van der Waals surface area (Å²) in [6.45, 7) is 19.0. The number of nitro groups is 1. The summed E-state index contributed by atoms with van der Waals surface area (Å²) in [7, 11) is -3.22. The van der Waals surface area contributed by atoms with Gasteiger partial charge in [0.15, 0.2) is 6.29 Å². The zero-order valence-corrected chi connectivity index (χ0v) is 47.4. The monoisotopic (exact) mass is 1130 g/mol. The maximum atomic E-state index is 13.9. The van der Waals surface area contributed by atoms with E-state index in [0.29, 0.717) is 5.56 Å². The van der Waals surface area contributed by atoms with Gasteiger partial charge in [-0.2, -0.15) is 0 Å². The number of rotatable bonds is 17. The molecule has 0 bridgehead atoms. The average Bonchev–Trinajstić information content (AvgIpc) is 3.26. The molecule has 0 aromatic heterocycles. The highest BCUT2D eigenvalue weighted by Gasteiger charge is 2.55. The van der Waals surface area contributed by atoms with Crippen LogP contribution in [0, 0.1) is 10.1 Å². The summed E-state index contributed by atoms with van der Waals surface area (Å²) >= 11 is 0. The van der Waals surface area contributed by atoms with Crippen molar-refractivity contribution in [2.24, 2.45) is 0 Å². The molecule has 29 heteroatoms. The molecule has 2 heterocycles. The molecule has 11 atom stereocenters. The minimum Gasteiger partial charge on any atom is -0.465 e. The third-order valence-corrected chi connectivity index (χ3v) is 12.7. The van der Waals surface area contributed by atoms with Gasteiger partial charge in [-0.1, -0.05) is 0 Å². The van der Waals surface area contributed by atoms with Crippen molar-refractivity contribution in [2.75, 3.05) is 32.5 Å². The van der Waals surface area contributed by atoms with Gasteiger partial charge < -0.3 is 84.1 Å². The molecule has 2 fully saturated rings. The topological polar surface area (TPSA) is 370 Å². The molecule has 1 aliphatic carbocycles. The fourth-order valence-electron chi connectivity index (χ4n) is 8.18. The maximum Gasteiger partial charge on any atom is 0.410 e. The van der Waals surface area contributed by atoms with Crippen LogP contribution in [0.3, 0.4) is 0 Å². The largest absolute Gasteiger partial charge is 0.465 e. The van der Waals surface area contributed by atoms with Gasteiger partial charge in [-0.25, -0.2) is 37.1 Å². The summed E-state index contributed by atoms with van der Waals surface area (Å²) in [6, 6.07) is -0.264. The molecule has 1 aromatic carbocycles. The van der Waals surface area contributed by atoms with Crippen molar-refractivity contribution < 1.29 is 95.3 Å². The van der Waals surface area contributed by atoms with Crippen LogP contribution in [0.15, 0.2) is 36.1 Å². The minimum atomic E-state index is -4.48. The van der Waals surface area contributed by atoms with Crippen LogP contribution >= 0.6 is 0 Å². The lowest BCUT2D eigenvalue weighted by Crippen LogP contribution is -2.70. The van der Waals surface area contributed by atoms with Crippen molar-refractivity contribution in [3.8, 4) is 0 Å². The van der Waals surface area contributed by atoms with Gasteiger partial charge in [0, 0.05) is 25.7 Å². The number of carbonyl (C=O) groups is 5. The van der Waals surface area contributed by atoms with Crippen molar-refractivity contribution in [3.05, 3.63) is 51.8 Å². The Hall–Kier alpha value is -5.82. The zero-order valence-electron chi connectivity index (χ0n) is 46.6. The number of aliphatic hydroxyl groups is 3. The van der Waals surface area contributed by atoms with E-state index < -0.39 is 160 Å². The van der Waals surface area contributed by atoms with Crippen LogP contribution in [0.1, 0.15) is 108 Å². The summed E-state index contributed by atoms with van der Waals surface area (Å²) in [5, 5.41) is 57.4. The number of amides is 5. The highest BCUT2D eigenvalue weighted by atomic mass is 32.2. The number of sulfonamides is 1. The number of carbonyl (C=O) groups excluding carboxylic acids is 5. The lowest BCUT2D eigenvalue weighted by atomic mass is 9.83. The third kappa shape index (κ3) is 20.8. The van der Waals surface area contributed by atoms with E-state index in [1.807, 2.05) is 0 Å². The molecule has 1 saturated carbocycles. The Balaban J connectivity index is 1.74. The molecule has 5 amide bonds. The summed E-state index contributed by atoms with van der Waals surface area (Å²) in [6.07, 6.45) is -14.7. The number of nitrogens with zero attached hydrogens (tertiary/aromatic N) is 2. The van der Waals surface area contributed by atoms with Crippen LogP contribution in [-0.2, 0) is 59.3 Å². The molecule has 78 heavy (non-hydrogen) atoms. The van der Waals surface area contributed by atoms with Crippen LogP contribution in [0.4, 0.5) is 29.7 Å². The molecule has 2 aliphatic heterocycles. The lowest BCUT2D eigenvalue weighted by molar-refractivity contribution is -0.384. The van der Waals surface area contributed by atoms with Crippen LogP contribution in [-0.4, -0.2) is 186 Å². The number of hydrogen-bond acceptors (Lipinski definition) is 21. The predicted octanol–water partition coefficient (Wildman–Crippen LogP) is 3.29. The van der Waals surface area contributed by atoms with Crippen LogP contribution in [0.2, 0.25) is 0 Å². The van der Waals surface area contributed by atoms with Gasteiger partial charge in [0.25, 0.3) is 5.69 Å². The number of aliphatic hydroxyl groups excluding tert-OH is 2. The average molecular weight is 1130 g/mol. The quantitative estimate of drug-likeness (QED) is 0.0630. The molecule has 3 aliphatic rings. The molecule has 0 unspecified atom stereocenters. The Morgan fingerprint density at radius 3 is 1.83 bits per heavy atom. The molecule has 0 spiro atoms. The third-order valence-electron chi connectivity index (χ3n) is 11.3. The maximum absolute atomic E-state index is 13.9. The van der Waals surface area contributed by atoms with Crippen LogP contribution in [0.25, 0.3) is 0 Å². The number of nitrogens with one attached hydrogen (secondary N) is 5. The summed E-state index contributed by atoms with van der Waals surface area (Å²) < 4.78 is 82.4. The van der Waals surface area contributed by atoms with Gasteiger partial charge in [0.2, 0.25) is 16.3 Å². The van der Waals surface area contributed by atoms with Gasteiger partial charge in [-0.15, -0.1) is 0 Å². The summed E-state index contributed by atoms with van der Waals surface area (Å²) in [5.74, 6) is -0.688. The Labute approximate surface area is 454 Å². The number of hydrogen-bond donors (Lipinski definition) is 8. The second-order valence-corrected chi connectivity index (χ2v) is 25.1. The zero-order chi connectivity index (χ0) is 58.9. The van der Waals surface area contributed by atoms with E-state index in [1.165, 1.54) is 44.3 Å². The number of benzene rings is 1. The standard InChI is InChI=1S/C49H79N7O21S/c1-45(2,3)74-41(60)50-21-22-78(67,68)54-32-23-31(53-43(62)76-47(7,8)9)35(33(57)36(32)73-39-34(58)37(49(13,64)26-70-39)55(14)44(63)77-48(10,11)12)72-38-30(52-42(61)75-46(4,5)6)20-19-29(71-38)24-51-40(59)69-25-27-15-17-28(18-16-27)56(65)66/h15-19,30-39,54,57-58,64H,20-26H2,1-14H3,(H,50,60)(H,51,59)(H,52,61)(H,53,62)/t30-,31+,32-,33+,34-,35-,36+,37-,38-,39-,49+/m1/s1. The van der Waals surface area contributed by atoms with Crippen molar-refractivity contribution in [1.29, 1.82) is 0 Å². The Morgan fingerprint density at radius 1 is 0.756 bits per heavy atom. The number of likely N-dealkylation sites (N-methyl/N-ethyl adjacent to an activating group) is 1. The first-order valence-electron chi connectivity index (χ1n) is 25.1. The van der Waals surface area contributed by atoms with Gasteiger partial charge >= 0.3 is 30.5 Å². The minimum absolute atomic E-state index is 0.0555. The fourth-order valence-corrected chi connectivity index (χ4v) is 9.36. The molecule has 8 N–H and O–H groups in total. The van der Waals surface area contributed by atoms with E-state index in [4.69, 9.17) is 42.6 Å². The highest BCUT2D eigenvalue weighted by molar-refractivity contribution is 7.89. The number of alkyl carbamates (subject to hydrolysis) is 4. The van der Waals surface area contributed by atoms with E-state index in [-0.39, 0.29) is 31.0 Å². The first-order chi connectivity index (χ1) is 35.7. The SMILES string of the molecule is CN(C(=O)OC(C)(C)C)[C@@H]1[C@@H](O)[C@@H](O[C@@H]2[C@@H](O)[C@H](O[C@H]3OC(CNC(=O)OCc4ccc([N+](=O)[O-])cc4)=CC[C@H]3NC(=O)OC(C)(C)C)[C@@H](NC(=O)OC(C)(C)C)C[C@H]2NS(=O)(=O)CCNC(=O)OC(C)(C)C)OC[C@]1(C)O. The first kappa shape index (κ1) is 64.7. The van der Waals surface area contributed by atoms with E-state index in [9.17, 15) is 57.8 Å². The van der Waals surface area contributed by atoms with Crippen molar-refractivity contribution >= 4 is 46.2 Å². The van der Waals surface area contributed by atoms with Gasteiger partial charge in [0.1, 0.15) is 64.8 Å². The van der Waals surface area contributed by atoms with Gasteiger partial charge in [0.05, 0.1) is 48.0 Å². The second-order valence-electron chi connectivity index (χ2n) is 23.2. The Morgan fingerprint density at radius 2 is 1.28 bits per heavy atom. The Kier molecular flexibility index (Phi) is 21.5. The van der Waals surface area contributed by atoms with E-state index in [1.54, 1.807) is 83.1 Å². The molecular weight excluding hydrogens is 1050 g/mol. The van der Waals surface area contributed by atoms with Crippen molar-refractivity contribution in [1.82, 2.24) is 30.9 Å². The Bertz CT molecular complexity index is 2400. The predicted molar refractivity (Wildman–Crippen MR) is 275 cm³/mol. The van der Waals surface area contributed by atoms with E-state index >= 15 is 0 Å². The molecule has 0 radical (unpaired) electrons. The number of ether oxygens (including phenoxy) is 9. The normalized spacial score (nSPS) is 26.9. The number of nitro benzene ring substituents is 1. The molecule has 28 nitrogen and oxygen atoms in total. The van der Waals surface area contributed by atoms with Gasteiger partial charge in [-0.05, 0) is 127 Å². The number of non-ortho nitro benzene ring substituents is 1. The molecule has 1 saturated heterocycles. The van der Waals surface area contributed by atoms with E-state index in [0.717, 1.165) is 4.90 Å². The highest BCUT2D eigenvalue weighted by Crippen LogP contribution is 2.35. The molecule has 1 aromatic rings. The summed E-state index contributed by atoms with van der Waals surface area (Å²) in [5.41, 5.74) is -5.61. The second kappa shape index (κ2) is 26.0. The smallest absolute Gasteiger partial charge is 0.410 e. The van der Waals surface area contributed by atoms with Crippen molar-refractivity contribution in [2.45, 2.75) is 199 Å². The van der Waals surface area contributed by atoms with Gasteiger partial charge in [-0.3, -0.25) is 10.1 Å². The van der Waals surface area contributed by atoms with Crippen LogP contribution in [0.5, 0.6) is 0 Å². The van der Waals surface area contributed by atoms with Crippen LogP contribution < -0.4 is 26.0 Å². The van der Waals surface area contributed by atoms with E-state index in [2.05, 4.69) is 26.0 Å². The lowest BCUT2D eigenvalue weighted by Gasteiger charge is -2.50. The fraction of sp³-hybridized carbons (Fsp3) is 0.735. The molecule has 4 rings (SSSR count). The van der Waals surface area contributed by atoms with Crippen molar-refractivity contribution in [3.63, 3.8) is 0 Å².